The van der Waals surface area contributed by atoms with E-state index in [9.17, 15) is 4.79 Å². The number of imidazole rings is 1. The number of nitrogens with one attached hydrogen (secondary N) is 1. The number of hydrogen-bond acceptors (Lipinski definition) is 5. The van der Waals surface area contributed by atoms with E-state index in [0.717, 1.165) is 15.6 Å². The van der Waals surface area contributed by atoms with Crippen LogP contribution in [0.5, 0.6) is 11.5 Å². The Kier molecular flexibility index (Phi) is 5.45. The third kappa shape index (κ3) is 4.26. The molecular formula is C20H18ClN3O3S. The highest BCUT2D eigenvalue weighted by molar-refractivity contribution is 7.99. The largest absolute Gasteiger partial charge is 0.486 e. The van der Waals surface area contributed by atoms with Crippen molar-refractivity contribution >= 4 is 35.0 Å². The number of nitrogens with zero attached hydrogens (tertiary/aromatic N) is 2. The number of fused-ring (bicyclic) bond motifs is 1. The molecule has 0 aliphatic carbocycles. The van der Waals surface area contributed by atoms with E-state index in [2.05, 4.69) is 10.3 Å². The number of anilines is 1. The van der Waals surface area contributed by atoms with Crippen LogP contribution in [0.4, 0.5) is 5.69 Å². The summed E-state index contributed by atoms with van der Waals surface area (Å²) in [6.45, 7) is 1.05. The fourth-order valence-electron chi connectivity index (χ4n) is 2.82. The van der Waals surface area contributed by atoms with E-state index < -0.39 is 0 Å². The summed E-state index contributed by atoms with van der Waals surface area (Å²) in [6.07, 6.45) is 3.83. The van der Waals surface area contributed by atoms with Gasteiger partial charge in [-0.15, -0.1) is 0 Å². The highest BCUT2D eigenvalue weighted by Crippen LogP contribution is 2.35. The van der Waals surface area contributed by atoms with E-state index in [-0.39, 0.29) is 12.3 Å². The molecule has 0 fully saturated rings. The van der Waals surface area contributed by atoms with Crippen LogP contribution in [0.3, 0.4) is 0 Å². The number of aryl methyl sites for hydroxylation is 1. The topological polar surface area (TPSA) is 65.4 Å². The molecule has 1 aromatic heterocycles. The van der Waals surface area contributed by atoms with Crippen molar-refractivity contribution in [1.82, 2.24) is 9.55 Å². The second-order valence-corrected chi connectivity index (χ2v) is 7.71. The van der Waals surface area contributed by atoms with Crippen molar-refractivity contribution in [2.75, 3.05) is 18.5 Å². The Hall–Kier alpha value is -2.64. The fourth-order valence-corrected chi connectivity index (χ4v) is 3.86. The average molecular weight is 416 g/mol. The molecule has 0 bridgehead atoms. The zero-order valence-electron chi connectivity index (χ0n) is 15.1. The number of carbonyl (C=O) groups is 1. The van der Waals surface area contributed by atoms with Gasteiger partial charge in [-0.05, 0) is 47.7 Å². The summed E-state index contributed by atoms with van der Waals surface area (Å²) in [7, 11) is 1.92. The zero-order chi connectivity index (χ0) is 19.5. The second kappa shape index (κ2) is 8.16. The summed E-state index contributed by atoms with van der Waals surface area (Å²) in [4.78, 5) is 17.8. The number of amides is 1. The molecule has 0 saturated carbocycles. The van der Waals surface area contributed by atoms with Crippen LogP contribution < -0.4 is 14.8 Å². The predicted molar refractivity (Wildman–Crippen MR) is 109 cm³/mol. The fraction of sp³-hybridized carbons (Fsp3) is 0.200. The van der Waals surface area contributed by atoms with E-state index in [1.807, 2.05) is 42.1 Å². The van der Waals surface area contributed by atoms with E-state index in [0.29, 0.717) is 35.4 Å². The normalized spacial score (nSPS) is 12.6. The van der Waals surface area contributed by atoms with Gasteiger partial charge in [0.1, 0.15) is 13.2 Å². The van der Waals surface area contributed by atoms with E-state index in [1.54, 1.807) is 18.3 Å². The van der Waals surface area contributed by atoms with Crippen molar-refractivity contribution in [3.63, 3.8) is 0 Å². The van der Waals surface area contributed by atoms with Crippen LogP contribution in [0, 0.1) is 0 Å². The van der Waals surface area contributed by atoms with Gasteiger partial charge in [-0.1, -0.05) is 17.7 Å². The monoisotopic (exact) mass is 415 g/mol. The molecule has 4 rings (SSSR count). The molecular weight excluding hydrogens is 398 g/mol. The number of rotatable bonds is 5. The summed E-state index contributed by atoms with van der Waals surface area (Å²) in [5, 5.41) is 4.34. The maximum absolute atomic E-state index is 12.6. The molecule has 8 heteroatoms. The van der Waals surface area contributed by atoms with Gasteiger partial charge in [-0.3, -0.25) is 4.79 Å². The smallest absolute Gasteiger partial charge is 0.228 e. The number of aromatic nitrogens is 2. The van der Waals surface area contributed by atoms with Crippen LogP contribution in [0.15, 0.2) is 58.8 Å². The van der Waals surface area contributed by atoms with Crippen LogP contribution in [0.1, 0.15) is 5.56 Å². The van der Waals surface area contributed by atoms with Crippen molar-refractivity contribution in [2.24, 2.45) is 7.05 Å². The Morgan fingerprint density at radius 3 is 2.82 bits per heavy atom. The first-order valence-corrected chi connectivity index (χ1v) is 9.91. The molecule has 0 atom stereocenters. The molecule has 1 aliphatic rings. The molecule has 1 amide bonds. The third-order valence-corrected chi connectivity index (χ3v) is 5.55. The molecule has 1 aliphatic heterocycles. The van der Waals surface area contributed by atoms with Crippen molar-refractivity contribution < 1.29 is 14.3 Å². The summed E-state index contributed by atoms with van der Waals surface area (Å²) >= 11 is 7.61. The molecule has 3 aromatic rings. The summed E-state index contributed by atoms with van der Waals surface area (Å²) in [6, 6.07) is 11.0. The Morgan fingerprint density at radius 1 is 1.21 bits per heavy atom. The van der Waals surface area contributed by atoms with Crippen molar-refractivity contribution in [1.29, 1.82) is 0 Å². The molecule has 2 aromatic carbocycles. The summed E-state index contributed by atoms with van der Waals surface area (Å²) < 4.78 is 13.0. The minimum atomic E-state index is -0.138. The third-order valence-electron chi connectivity index (χ3n) is 4.17. The van der Waals surface area contributed by atoms with E-state index in [1.165, 1.54) is 11.8 Å². The number of ether oxygens (including phenoxy) is 2. The van der Waals surface area contributed by atoms with Gasteiger partial charge in [0.15, 0.2) is 16.7 Å². The first kappa shape index (κ1) is 18.7. The van der Waals surface area contributed by atoms with E-state index >= 15 is 0 Å². The first-order chi connectivity index (χ1) is 13.6. The van der Waals surface area contributed by atoms with Gasteiger partial charge in [0.05, 0.1) is 12.1 Å². The average Bonchev–Trinajstić information content (AvgIpc) is 3.08. The predicted octanol–water partition coefficient (Wildman–Crippen LogP) is 4.18. The van der Waals surface area contributed by atoms with Gasteiger partial charge < -0.3 is 19.4 Å². The summed E-state index contributed by atoms with van der Waals surface area (Å²) in [5.74, 6) is 1.24. The van der Waals surface area contributed by atoms with Crippen molar-refractivity contribution in [3.05, 3.63) is 59.4 Å². The lowest BCUT2D eigenvalue weighted by atomic mass is 10.1. The highest BCUT2D eigenvalue weighted by atomic mass is 35.5. The number of carbonyl (C=O) groups excluding carboxylic acids is 1. The number of halogens is 1. The second-order valence-electron chi connectivity index (χ2n) is 6.27. The van der Waals surface area contributed by atoms with Crippen molar-refractivity contribution in [2.45, 2.75) is 16.5 Å². The molecule has 6 nitrogen and oxygen atoms in total. The van der Waals surface area contributed by atoms with Gasteiger partial charge in [0.25, 0.3) is 0 Å². The van der Waals surface area contributed by atoms with Crippen LogP contribution in [-0.2, 0) is 18.3 Å². The highest BCUT2D eigenvalue weighted by Gasteiger charge is 2.15. The Balaban J connectivity index is 1.49. The Bertz CT molecular complexity index is 1020. The minimum absolute atomic E-state index is 0.138. The molecule has 0 saturated heterocycles. The molecule has 0 radical (unpaired) electrons. The summed E-state index contributed by atoms with van der Waals surface area (Å²) in [5.41, 5.74) is 1.50. The van der Waals surface area contributed by atoms with Crippen LogP contribution in [0.25, 0.3) is 0 Å². The maximum atomic E-state index is 12.6. The number of hydrogen-bond donors (Lipinski definition) is 1. The first-order valence-electron chi connectivity index (χ1n) is 8.71. The number of benzene rings is 2. The Labute approximate surface area is 171 Å². The quantitative estimate of drug-likeness (QED) is 0.677. The van der Waals surface area contributed by atoms with Gasteiger partial charge >= 0.3 is 0 Å². The minimum Gasteiger partial charge on any atom is -0.486 e. The van der Waals surface area contributed by atoms with Gasteiger partial charge in [0, 0.05) is 29.4 Å². The zero-order valence-corrected chi connectivity index (χ0v) is 16.7. The molecule has 0 spiro atoms. The molecule has 1 N–H and O–H groups in total. The Morgan fingerprint density at radius 2 is 2.04 bits per heavy atom. The van der Waals surface area contributed by atoms with Gasteiger partial charge in [-0.2, -0.15) is 0 Å². The maximum Gasteiger partial charge on any atom is 0.228 e. The lowest BCUT2D eigenvalue weighted by Crippen LogP contribution is -2.17. The van der Waals surface area contributed by atoms with Crippen LogP contribution in [0.2, 0.25) is 5.02 Å². The van der Waals surface area contributed by atoms with Gasteiger partial charge in [-0.25, -0.2) is 4.98 Å². The van der Waals surface area contributed by atoms with Gasteiger partial charge in [0.2, 0.25) is 5.91 Å². The SMILES string of the molecule is Cn1ccnc1Sc1ccc(Cl)cc1NC(=O)Cc1ccc2c(c1)OCCO2. The molecule has 0 unspecified atom stereocenters. The lowest BCUT2D eigenvalue weighted by molar-refractivity contribution is -0.115. The molecule has 2 heterocycles. The van der Waals surface area contributed by atoms with E-state index in [4.69, 9.17) is 21.1 Å². The standard InChI is InChI=1S/C20H18ClN3O3S/c1-24-7-6-22-20(24)28-18-5-3-14(21)12-15(18)23-19(25)11-13-2-4-16-17(10-13)27-9-8-26-16/h2-7,10,12H,8-9,11H2,1H3,(H,23,25). The molecule has 28 heavy (non-hydrogen) atoms. The van der Waals surface area contributed by atoms with Crippen LogP contribution >= 0.6 is 23.4 Å². The van der Waals surface area contributed by atoms with Crippen molar-refractivity contribution in [3.8, 4) is 11.5 Å². The molecule has 144 valence electrons. The van der Waals surface area contributed by atoms with Crippen LogP contribution in [-0.4, -0.2) is 28.7 Å². The lowest BCUT2D eigenvalue weighted by Gasteiger charge is -2.18.